The summed E-state index contributed by atoms with van der Waals surface area (Å²) in [7, 11) is 0. The van der Waals surface area contributed by atoms with Gasteiger partial charge in [0.25, 0.3) is 0 Å². The van der Waals surface area contributed by atoms with E-state index in [1.807, 2.05) is 4.90 Å². The lowest BCUT2D eigenvalue weighted by atomic mass is 9.84. The van der Waals surface area contributed by atoms with Crippen molar-refractivity contribution in [2.75, 3.05) is 26.2 Å². The molecule has 1 atom stereocenters. The van der Waals surface area contributed by atoms with Gasteiger partial charge in [0.1, 0.15) is 0 Å². The van der Waals surface area contributed by atoms with Crippen molar-refractivity contribution in [3.05, 3.63) is 34.9 Å². The Bertz CT molecular complexity index is 476. The Kier molecular flexibility index (Phi) is 4.81. The molecule has 0 aliphatic carbocycles. The second-order valence-corrected chi connectivity index (χ2v) is 6.16. The van der Waals surface area contributed by atoms with Crippen LogP contribution >= 0.6 is 0 Å². The number of hydrogen-bond donors (Lipinski definition) is 1. The summed E-state index contributed by atoms with van der Waals surface area (Å²) in [5.74, 6) is 0.584. The fourth-order valence-corrected chi connectivity index (χ4v) is 2.95. The largest absolute Gasteiger partial charge is 0.340 e. The van der Waals surface area contributed by atoms with Crippen molar-refractivity contribution in [1.29, 1.82) is 0 Å². The lowest BCUT2D eigenvalue weighted by Gasteiger charge is -2.33. The second kappa shape index (κ2) is 6.40. The van der Waals surface area contributed by atoms with Crippen molar-refractivity contribution >= 4 is 5.91 Å². The van der Waals surface area contributed by atoms with E-state index in [1.165, 1.54) is 16.7 Å². The summed E-state index contributed by atoms with van der Waals surface area (Å²) in [5.41, 5.74) is 3.64. The van der Waals surface area contributed by atoms with Crippen LogP contribution in [0.4, 0.5) is 0 Å². The van der Waals surface area contributed by atoms with E-state index in [-0.39, 0.29) is 11.8 Å². The first-order valence-corrected chi connectivity index (χ1v) is 7.57. The van der Waals surface area contributed by atoms with Gasteiger partial charge in [0.2, 0.25) is 5.91 Å². The van der Waals surface area contributed by atoms with E-state index in [4.69, 9.17) is 0 Å². The van der Waals surface area contributed by atoms with Crippen LogP contribution in [0, 0.1) is 19.8 Å². The van der Waals surface area contributed by atoms with Gasteiger partial charge >= 0.3 is 0 Å². The Morgan fingerprint density at radius 2 is 1.85 bits per heavy atom. The van der Waals surface area contributed by atoms with Crippen LogP contribution in [0.25, 0.3) is 0 Å². The molecule has 0 aromatic heterocycles. The van der Waals surface area contributed by atoms with E-state index >= 15 is 0 Å². The smallest absolute Gasteiger partial charge is 0.230 e. The zero-order chi connectivity index (χ0) is 14.7. The maximum Gasteiger partial charge on any atom is 0.230 e. The first-order chi connectivity index (χ1) is 9.50. The Morgan fingerprint density at radius 1 is 1.20 bits per heavy atom. The van der Waals surface area contributed by atoms with Gasteiger partial charge in [-0.15, -0.1) is 0 Å². The molecule has 1 aliphatic rings. The molecule has 0 saturated carbocycles. The average Bonchev–Trinajstić information content (AvgIpc) is 2.43. The molecule has 1 aliphatic heterocycles. The molecular formula is C17H26N2O. The summed E-state index contributed by atoms with van der Waals surface area (Å²) in [6, 6.07) is 6.43. The number of piperazine rings is 1. The predicted octanol–water partition coefficient (Wildman–Crippen LogP) is 2.47. The van der Waals surface area contributed by atoms with Crippen LogP contribution in [0.2, 0.25) is 0 Å². The Labute approximate surface area is 122 Å². The fraction of sp³-hybridized carbons (Fsp3) is 0.588. The minimum atomic E-state index is -0.0204. The van der Waals surface area contributed by atoms with Gasteiger partial charge in [-0.3, -0.25) is 4.79 Å². The lowest BCUT2D eigenvalue weighted by molar-refractivity contribution is -0.134. The minimum absolute atomic E-state index is 0.0204. The summed E-state index contributed by atoms with van der Waals surface area (Å²) in [6.45, 7) is 12.0. The molecule has 1 aromatic rings. The standard InChI is InChI=1S/C17H26N2O/c1-12(2)16(15-11-13(3)5-6-14(15)4)17(20)19-9-7-18-8-10-19/h5-6,11-12,16,18H,7-10H2,1-4H3. The first kappa shape index (κ1) is 15.0. The summed E-state index contributed by atoms with van der Waals surface area (Å²) < 4.78 is 0. The quantitative estimate of drug-likeness (QED) is 0.918. The zero-order valence-corrected chi connectivity index (χ0v) is 13.1. The maximum atomic E-state index is 12.9. The number of amides is 1. The molecule has 3 heteroatoms. The molecule has 1 saturated heterocycles. The number of rotatable bonds is 3. The predicted molar refractivity (Wildman–Crippen MR) is 82.9 cm³/mol. The normalized spacial score (nSPS) is 17.4. The van der Waals surface area contributed by atoms with Crippen LogP contribution in [0.5, 0.6) is 0 Å². The number of carbonyl (C=O) groups excluding carboxylic acids is 1. The van der Waals surface area contributed by atoms with Crippen molar-refractivity contribution in [3.8, 4) is 0 Å². The van der Waals surface area contributed by atoms with E-state index in [9.17, 15) is 4.79 Å². The molecule has 1 aromatic carbocycles. The molecule has 1 amide bonds. The highest BCUT2D eigenvalue weighted by atomic mass is 16.2. The number of nitrogens with one attached hydrogen (secondary N) is 1. The van der Waals surface area contributed by atoms with Crippen LogP contribution in [-0.4, -0.2) is 37.0 Å². The van der Waals surface area contributed by atoms with Crippen LogP contribution in [-0.2, 0) is 4.79 Å². The average molecular weight is 274 g/mol. The van der Waals surface area contributed by atoms with E-state index < -0.39 is 0 Å². The molecule has 2 rings (SSSR count). The van der Waals surface area contributed by atoms with E-state index in [1.54, 1.807) is 0 Å². The third-order valence-electron chi connectivity index (χ3n) is 4.13. The highest BCUT2D eigenvalue weighted by Gasteiger charge is 2.30. The van der Waals surface area contributed by atoms with E-state index in [0.717, 1.165) is 26.2 Å². The summed E-state index contributed by atoms with van der Waals surface area (Å²) in [6.07, 6.45) is 0. The van der Waals surface area contributed by atoms with Crippen molar-refractivity contribution in [2.45, 2.75) is 33.6 Å². The van der Waals surface area contributed by atoms with Gasteiger partial charge in [0.15, 0.2) is 0 Å². The topological polar surface area (TPSA) is 32.3 Å². The first-order valence-electron chi connectivity index (χ1n) is 7.57. The Hall–Kier alpha value is -1.35. The zero-order valence-electron chi connectivity index (χ0n) is 13.1. The summed E-state index contributed by atoms with van der Waals surface area (Å²) >= 11 is 0. The molecule has 1 heterocycles. The third-order valence-corrected chi connectivity index (χ3v) is 4.13. The van der Waals surface area contributed by atoms with Gasteiger partial charge in [-0.05, 0) is 30.9 Å². The van der Waals surface area contributed by atoms with Crippen LogP contribution in [0.3, 0.4) is 0 Å². The molecule has 3 nitrogen and oxygen atoms in total. The van der Waals surface area contributed by atoms with E-state index in [0.29, 0.717) is 5.92 Å². The molecule has 1 fully saturated rings. The molecule has 1 unspecified atom stereocenters. The van der Waals surface area contributed by atoms with Crippen molar-refractivity contribution in [2.24, 2.45) is 5.92 Å². The lowest BCUT2D eigenvalue weighted by Crippen LogP contribution is -2.48. The Morgan fingerprint density at radius 3 is 2.45 bits per heavy atom. The number of hydrogen-bond acceptors (Lipinski definition) is 2. The van der Waals surface area contributed by atoms with Crippen molar-refractivity contribution in [3.63, 3.8) is 0 Å². The molecule has 0 bridgehead atoms. The van der Waals surface area contributed by atoms with Gasteiger partial charge in [0, 0.05) is 26.2 Å². The van der Waals surface area contributed by atoms with E-state index in [2.05, 4.69) is 51.2 Å². The van der Waals surface area contributed by atoms with Crippen molar-refractivity contribution < 1.29 is 4.79 Å². The SMILES string of the molecule is Cc1ccc(C)c(C(C(=O)N2CCNCC2)C(C)C)c1. The molecule has 110 valence electrons. The van der Waals surface area contributed by atoms with Gasteiger partial charge < -0.3 is 10.2 Å². The monoisotopic (exact) mass is 274 g/mol. The van der Waals surface area contributed by atoms with Gasteiger partial charge in [-0.25, -0.2) is 0 Å². The number of aryl methyl sites for hydroxylation is 2. The van der Waals surface area contributed by atoms with Crippen LogP contribution in [0.15, 0.2) is 18.2 Å². The molecule has 20 heavy (non-hydrogen) atoms. The summed E-state index contributed by atoms with van der Waals surface area (Å²) in [4.78, 5) is 14.9. The second-order valence-electron chi connectivity index (χ2n) is 6.16. The molecule has 1 N–H and O–H groups in total. The van der Waals surface area contributed by atoms with Gasteiger partial charge in [0.05, 0.1) is 5.92 Å². The highest BCUT2D eigenvalue weighted by Crippen LogP contribution is 2.30. The third kappa shape index (κ3) is 3.21. The minimum Gasteiger partial charge on any atom is -0.340 e. The number of benzene rings is 1. The maximum absolute atomic E-state index is 12.9. The van der Waals surface area contributed by atoms with Gasteiger partial charge in [-0.2, -0.15) is 0 Å². The van der Waals surface area contributed by atoms with Crippen molar-refractivity contribution in [1.82, 2.24) is 10.2 Å². The molecule has 0 spiro atoms. The molecule has 0 radical (unpaired) electrons. The summed E-state index contributed by atoms with van der Waals surface area (Å²) in [5, 5.41) is 3.30. The molecular weight excluding hydrogens is 248 g/mol. The number of carbonyl (C=O) groups is 1. The van der Waals surface area contributed by atoms with Crippen LogP contribution in [0.1, 0.15) is 36.5 Å². The Balaban J connectivity index is 2.30. The fourth-order valence-electron chi connectivity index (χ4n) is 2.95. The van der Waals surface area contributed by atoms with Gasteiger partial charge in [-0.1, -0.05) is 37.6 Å². The van der Waals surface area contributed by atoms with Crippen LogP contribution < -0.4 is 5.32 Å². The number of nitrogens with zero attached hydrogens (tertiary/aromatic N) is 1. The highest BCUT2D eigenvalue weighted by molar-refractivity contribution is 5.84.